The highest BCUT2D eigenvalue weighted by Gasteiger charge is 2.30. The SMILES string of the molecule is COc1cccc2oc(C=Cc3ccc(OC(F)(F)F)cc3)cc(=O)c12. The summed E-state index contributed by atoms with van der Waals surface area (Å²) >= 11 is 0. The van der Waals surface area contributed by atoms with E-state index in [1.54, 1.807) is 30.4 Å². The van der Waals surface area contributed by atoms with E-state index in [0.29, 0.717) is 28.0 Å². The van der Waals surface area contributed by atoms with Gasteiger partial charge in [-0.2, -0.15) is 0 Å². The molecule has 0 aliphatic heterocycles. The lowest BCUT2D eigenvalue weighted by molar-refractivity contribution is -0.274. The van der Waals surface area contributed by atoms with E-state index in [2.05, 4.69) is 4.74 Å². The summed E-state index contributed by atoms with van der Waals surface area (Å²) in [6, 6.07) is 11.7. The molecule has 0 radical (unpaired) electrons. The van der Waals surface area contributed by atoms with Gasteiger partial charge in [0.2, 0.25) is 0 Å². The lowest BCUT2D eigenvalue weighted by Gasteiger charge is -2.08. The van der Waals surface area contributed by atoms with Crippen molar-refractivity contribution < 1.29 is 27.1 Å². The van der Waals surface area contributed by atoms with Crippen LogP contribution in [0.15, 0.2) is 57.7 Å². The van der Waals surface area contributed by atoms with Gasteiger partial charge in [0, 0.05) is 6.07 Å². The van der Waals surface area contributed by atoms with Crippen LogP contribution in [0.3, 0.4) is 0 Å². The molecule has 0 amide bonds. The Labute approximate surface area is 146 Å². The Hall–Kier alpha value is -3.22. The minimum absolute atomic E-state index is 0.253. The van der Waals surface area contributed by atoms with Crippen LogP contribution in [0.5, 0.6) is 11.5 Å². The predicted octanol–water partition coefficient (Wildman–Crippen LogP) is 4.87. The molecule has 3 aromatic rings. The normalized spacial score (nSPS) is 11.8. The van der Waals surface area contributed by atoms with E-state index in [1.807, 2.05) is 0 Å². The molecule has 0 unspecified atom stereocenters. The van der Waals surface area contributed by atoms with Crippen LogP contribution in [-0.4, -0.2) is 13.5 Å². The van der Waals surface area contributed by atoms with Crippen LogP contribution in [0, 0.1) is 0 Å². The maximum Gasteiger partial charge on any atom is 0.573 e. The molecule has 4 nitrogen and oxygen atoms in total. The maximum absolute atomic E-state index is 12.3. The van der Waals surface area contributed by atoms with Crippen LogP contribution >= 0.6 is 0 Å². The molecule has 26 heavy (non-hydrogen) atoms. The average molecular weight is 362 g/mol. The number of alkyl halides is 3. The van der Waals surface area contributed by atoms with Gasteiger partial charge in [-0.1, -0.05) is 24.3 Å². The molecule has 0 saturated heterocycles. The molecular weight excluding hydrogens is 349 g/mol. The molecule has 2 aromatic carbocycles. The highest BCUT2D eigenvalue weighted by molar-refractivity contribution is 5.84. The highest BCUT2D eigenvalue weighted by Crippen LogP contribution is 2.25. The second-order valence-electron chi connectivity index (χ2n) is 5.30. The summed E-state index contributed by atoms with van der Waals surface area (Å²) in [6.45, 7) is 0. The number of methoxy groups -OCH3 is 1. The van der Waals surface area contributed by atoms with Crippen molar-refractivity contribution in [2.24, 2.45) is 0 Å². The molecule has 1 heterocycles. The van der Waals surface area contributed by atoms with Crippen LogP contribution in [0.2, 0.25) is 0 Å². The maximum atomic E-state index is 12.3. The topological polar surface area (TPSA) is 48.7 Å². The molecule has 7 heteroatoms. The van der Waals surface area contributed by atoms with Crippen molar-refractivity contribution in [3.05, 3.63) is 70.1 Å². The third kappa shape index (κ3) is 4.05. The van der Waals surface area contributed by atoms with Crippen LogP contribution < -0.4 is 14.9 Å². The van der Waals surface area contributed by atoms with Gasteiger partial charge in [-0.15, -0.1) is 13.2 Å². The zero-order valence-corrected chi connectivity index (χ0v) is 13.5. The summed E-state index contributed by atoms with van der Waals surface area (Å²) in [5.74, 6) is 0.428. The monoisotopic (exact) mass is 362 g/mol. The van der Waals surface area contributed by atoms with Crippen molar-refractivity contribution in [1.82, 2.24) is 0 Å². The van der Waals surface area contributed by atoms with E-state index in [9.17, 15) is 18.0 Å². The second-order valence-corrected chi connectivity index (χ2v) is 5.30. The van der Waals surface area contributed by atoms with Gasteiger partial charge >= 0.3 is 6.36 Å². The van der Waals surface area contributed by atoms with Gasteiger partial charge in [0.15, 0.2) is 5.43 Å². The van der Waals surface area contributed by atoms with E-state index < -0.39 is 6.36 Å². The summed E-state index contributed by atoms with van der Waals surface area (Å²) in [7, 11) is 1.47. The first kappa shape index (κ1) is 17.6. The van der Waals surface area contributed by atoms with E-state index in [0.717, 1.165) is 0 Å². The van der Waals surface area contributed by atoms with Crippen LogP contribution in [-0.2, 0) is 0 Å². The number of rotatable bonds is 4. The van der Waals surface area contributed by atoms with Gasteiger partial charge in [-0.25, -0.2) is 0 Å². The van der Waals surface area contributed by atoms with Gasteiger partial charge in [0.25, 0.3) is 0 Å². The fourth-order valence-electron chi connectivity index (χ4n) is 2.41. The summed E-state index contributed by atoms with van der Waals surface area (Å²) < 4.78 is 51.1. The Kier molecular flexibility index (Phi) is 4.71. The zero-order chi connectivity index (χ0) is 18.7. The molecule has 1 aromatic heterocycles. The van der Waals surface area contributed by atoms with Gasteiger partial charge < -0.3 is 13.9 Å². The van der Waals surface area contributed by atoms with Crippen molar-refractivity contribution in [2.75, 3.05) is 7.11 Å². The second kappa shape index (κ2) is 6.95. The zero-order valence-electron chi connectivity index (χ0n) is 13.5. The van der Waals surface area contributed by atoms with Crippen molar-refractivity contribution in [2.45, 2.75) is 6.36 Å². The number of ether oxygens (including phenoxy) is 2. The van der Waals surface area contributed by atoms with E-state index in [4.69, 9.17) is 9.15 Å². The Bertz CT molecular complexity index is 1000. The smallest absolute Gasteiger partial charge is 0.496 e. The Morgan fingerprint density at radius 3 is 2.42 bits per heavy atom. The third-order valence-electron chi connectivity index (χ3n) is 3.51. The van der Waals surface area contributed by atoms with Crippen molar-refractivity contribution in [1.29, 1.82) is 0 Å². The third-order valence-corrected chi connectivity index (χ3v) is 3.51. The van der Waals surface area contributed by atoms with E-state index in [-0.39, 0.29) is 11.2 Å². The molecule has 0 aliphatic rings. The van der Waals surface area contributed by atoms with E-state index in [1.165, 1.54) is 37.4 Å². The number of hydrogen-bond acceptors (Lipinski definition) is 4. The van der Waals surface area contributed by atoms with Crippen LogP contribution in [0.1, 0.15) is 11.3 Å². The number of hydrogen-bond donors (Lipinski definition) is 0. The molecular formula is C19H13F3O4. The lowest BCUT2D eigenvalue weighted by atomic mass is 10.1. The fourth-order valence-corrected chi connectivity index (χ4v) is 2.41. The molecule has 0 aliphatic carbocycles. The number of halogens is 3. The van der Waals surface area contributed by atoms with Crippen molar-refractivity contribution in [3.63, 3.8) is 0 Å². The molecule has 0 atom stereocenters. The molecule has 0 bridgehead atoms. The first-order valence-corrected chi connectivity index (χ1v) is 7.50. The minimum Gasteiger partial charge on any atom is -0.496 e. The van der Waals surface area contributed by atoms with Gasteiger partial charge in [0.05, 0.1) is 7.11 Å². The predicted molar refractivity (Wildman–Crippen MR) is 91.1 cm³/mol. The Morgan fingerprint density at radius 2 is 1.77 bits per heavy atom. The number of benzene rings is 2. The molecule has 0 saturated carbocycles. The standard InChI is InChI=1S/C19H13F3O4/c1-24-16-3-2-4-17-18(16)15(23)11-14(25-17)10-7-12-5-8-13(9-6-12)26-19(20,21)22/h2-11H,1H3. The van der Waals surface area contributed by atoms with Crippen molar-refractivity contribution >= 4 is 23.1 Å². The van der Waals surface area contributed by atoms with E-state index >= 15 is 0 Å². The molecule has 0 N–H and O–H groups in total. The quantitative estimate of drug-likeness (QED) is 0.664. The van der Waals surface area contributed by atoms with Gasteiger partial charge in [0.1, 0.15) is 28.2 Å². The Morgan fingerprint density at radius 1 is 1.04 bits per heavy atom. The lowest BCUT2D eigenvalue weighted by Crippen LogP contribution is -2.16. The summed E-state index contributed by atoms with van der Waals surface area (Å²) in [4.78, 5) is 12.3. The van der Waals surface area contributed by atoms with Crippen molar-refractivity contribution in [3.8, 4) is 11.5 Å². The van der Waals surface area contributed by atoms with Crippen LogP contribution in [0.4, 0.5) is 13.2 Å². The first-order valence-electron chi connectivity index (χ1n) is 7.50. The average Bonchev–Trinajstić information content (AvgIpc) is 2.59. The highest BCUT2D eigenvalue weighted by atomic mass is 19.4. The van der Waals surface area contributed by atoms with Gasteiger partial charge in [-0.3, -0.25) is 4.79 Å². The van der Waals surface area contributed by atoms with Crippen LogP contribution in [0.25, 0.3) is 23.1 Å². The molecule has 134 valence electrons. The molecule has 0 fully saturated rings. The largest absolute Gasteiger partial charge is 0.573 e. The minimum atomic E-state index is -4.73. The molecule has 0 spiro atoms. The summed E-state index contributed by atoms with van der Waals surface area (Å²) in [5, 5.41) is 0.348. The summed E-state index contributed by atoms with van der Waals surface area (Å²) in [5.41, 5.74) is 0.746. The first-order chi connectivity index (χ1) is 12.4. The fraction of sp³-hybridized carbons (Fsp3) is 0.105. The van der Waals surface area contributed by atoms with Gasteiger partial charge in [-0.05, 0) is 35.9 Å². The molecule has 3 rings (SSSR count). The Balaban J connectivity index is 1.86. The summed E-state index contributed by atoms with van der Waals surface area (Å²) in [6.07, 6.45) is -1.56. The number of fused-ring (bicyclic) bond motifs is 1.